The van der Waals surface area contributed by atoms with Crippen LogP contribution >= 0.6 is 15.9 Å². The second-order valence-electron chi connectivity index (χ2n) is 3.46. The third-order valence-electron chi connectivity index (χ3n) is 2.54. The van der Waals surface area contributed by atoms with Gasteiger partial charge < -0.3 is 10.3 Å². The molecule has 0 aromatic carbocycles. The lowest BCUT2D eigenvalue weighted by Crippen LogP contribution is -2.43. The van der Waals surface area contributed by atoms with Gasteiger partial charge in [0.05, 0.1) is 10.6 Å². The zero-order chi connectivity index (χ0) is 9.26. The molecule has 1 aliphatic rings. The lowest BCUT2D eigenvalue weighted by atomic mass is 10.1. The average Bonchev–Trinajstić information content (AvgIpc) is 2.53. The first-order valence-electron chi connectivity index (χ1n) is 4.53. The number of aromatic amines is 1. The summed E-state index contributed by atoms with van der Waals surface area (Å²) >= 11 is 3.42. The summed E-state index contributed by atoms with van der Waals surface area (Å²) in [6.07, 6.45) is 0. The van der Waals surface area contributed by atoms with Gasteiger partial charge in [-0.05, 0) is 35.1 Å². The predicted molar refractivity (Wildman–Crippen MR) is 56.7 cm³/mol. The summed E-state index contributed by atoms with van der Waals surface area (Å²) in [5, 5.41) is 3.40. The topological polar surface area (TPSA) is 31.1 Å². The van der Waals surface area contributed by atoms with E-state index < -0.39 is 0 Å². The number of rotatable bonds is 1. The molecule has 0 amide bonds. The molecule has 2 heterocycles. The number of nitrogens with zero attached hydrogens (tertiary/aromatic N) is 1. The van der Waals surface area contributed by atoms with E-state index in [1.165, 1.54) is 5.69 Å². The molecule has 1 unspecified atom stereocenters. The Morgan fingerprint density at radius 1 is 1.54 bits per heavy atom. The number of likely N-dealkylation sites (N-methyl/N-ethyl adjacent to an activating group) is 1. The summed E-state index contributed by atoms with van der Waals surface area (Å²) < 4.78 is 1.06. The van der Waals surface area contributed by atoms with E-state index in [1.807, 2.05) is 0 Å². The van der Waals surface area contributed by atoms with Crippen molar-refractivity contribution in [2.75, 3.05) is 26.7 Å². The Labute approximate surface area is 86.6 Å². The van der Waals surface area contributed by atoms with E-state index in [4.69, 9.17) is 0 Å². The van der Waals surface area contributed by atoms with Crippen LogP contribution in [0.5, 0.6) is 0 Å². The fourth-order valence-electron chi connectivity index (χ4n) is 1.73. The van der Waals surface area contributed by atoms with Crippen molar-refractivity contribution in [1.82, 2.24) is 15.2 Å². The molecule has 0 saturated carbocycles. The van der Waals surface area contributed by atoms with Gasteiger partial charge in [-0.1, -0.05) is 0 Å². The molecule has 2 N–H and O–H groups in total. The van der Waals surface area contributed by atoms with E-state index >= 15 is 0 Å². The molecule has 3 nitrogen and oxygen atoms in total. The number of H-pyrrole nitrogens is 1. The lowest BCUT2D eigenvalue weighted by Gasteiger charge is -2.32. The van der Waals surface area contributed by atoms with Gasteiger partial charge in [0.25, 0.3) is 0 Å². The number of piperazine rings is 1. The number of aromatic nitrogens is 1. The summed E-state index contributed by atoms with van der Waals surface area (Å²) in [6, 6.07) is 4.68. The van der Waals surface area contributed by atoms with Crippen LogP contribution in [0.3, 0.4) is 0 Å². The SMILES string of the molecule is CN1CCNCC1c1ccc(Br)[nH]1. The third-order valence-corrected chi connectivity index (χ3v) is 3.01. The highest BCUT2D eigenvalue weighted by molar-refractivity contribution is 9.10. The van der Waals surface area contributed by atoms with Crippen LogP contribution in [-0.4, -0.2) is 36.6 Å². The molecule has 1 atom stereocenters. The highest BCUT2D eigenvalue weighted by atomic mass is 79.9. The summed E-state index contributed by atoms with van der Waals surface area (Å²) in [7, 11) is 2.17. The highest BCUT2D eigenvalue weighted by Crippen LogP contribution is 2.21. The smallest absolute Gasteiger partial charge is 0.0822 e. The zero-order valence-corrected chi connectivity index (χ0v) is 9.26. The van der Waals surface area contributed by atoms with Crippen LogP contribution in [0.4, 0.5) is 0 Å². The summed E-state index contributed by atoms with van der Waals surface area (Å²) in [4.78, 5) is 5.68. The molecule has 4 heteroatoms. The fraction of sp³-hybridized carbons (Fsp3) is 0.556. The number of halogens is 1. The Balaban J connectivity index is 2.14. The normalized spacial score (nSPS) is 24.9. The number of nitrogens with one attached hydrogen (secondary N) is 2. The van der Waals surface area contributed by atoms with E-state index in [0.29, 0.717) is 6.04 Å². The zero-order valence-electron chi connectivity index (χ0n) is 7.68. The molecular formula is C9H14BrN3. The van der Waals surface area contributed by atoms with Gasteiger partial charge in [0.2, 0.25) is 0 Å². The van der Waals surface area contributed by atoms with Crippen molar-refractivity contribution in [3.63, 3.8) is 0 Å². The van der Waals surface area contributed by atoms with Crippen LogP contribution in [0, 0.1) is 0 Å². The second-order valence-corrected chi connectivity index (χ2v) is 4.32. The maximum Gasteiger partial charge on any atom is 0.0822 e. The van der Waals surface area contributed by atoms with Gasteiger partial charge in [0.1, 0.15) is 0 Å². The van der Waals surface area contributed by atoms with Crippen LogP contribution < -0.4 is 5.32 Å². The second kappa shape index (κ2) is 3.82. The monoisotopic (exact) mass is 243 g/mol. The molecule has 72 valence electrons. The molecule has 1 fully saturated rings. The average molecular weight is 244 g/mol. The Bertz CT molecular complexity index is 284. The first kappa shape index (κ1) is 9.24. The van der Waals surface area contributed by atoms with E-state index in [2.05, 4.69) is 50.3 Å². The van der Waals surface area contributed by atoms with Gasteiger partial charge in [-0.25, -0.2) is 0 Å². The minimum atomic E-state index is 0.486. The van der Waals surface area contributed by atoms with E-state index in [1.54, 1.807) is 0 Å². The van der Waals surface area contributed by atoms with Crippen molar-refractivity contribution < 1.29 is 0 Å². The quantitative estimate of drug-likeness (QED) is 0.781. The Morgan fingerprint density at radius 2 is 2.38 bits per heavy atom. The Kier molecular flexibility index (Phi) is 2.71. The summed E-state index contributed by atoms with van der Waals surface area (Å²) in [5.41, 5.74) is 1.28. The van der Waals surface area contributed by atoms with E-state index in [-0.39, 0.29) is 0 Å². The van der Waals surface area contributed by atoms with Crippen LogP contribution in [0.15, 0.2) is 16.7 Å². The molecule has 1 saturated heterocycles. The van der Waals surface area contributed by atoms with Crippen molar-refractivity contribution in [1.29, 1.82) is 0 Å². The van der Waals surface area contributed by atoms with Crippen molar-refractivity contribution >= 4 is 15.9 Å². The predicted octanol–water partition coefficient (Wildman–Crippen LogP) is 1.35. The molecule has 0 spiro atoms. The molecule has 2 rings (SSSR count). The maximum atomic E-state index is 3.42. The van der Waals surface area contributed by atoms with Crippen molar-refractivity contribution in [2.45, 2.75) is 6.04 Å². The van der Waals surface area contributed by atoms with Gasteiger partial charge in [-0.3, -0.25) is 4.90 Å². The van der Waals surface area contributed by atoms with E-state index in [9.17, 15) is 0 Å². The maximum absolute atomic E-state index is 3.42. The van der Waals surface area contributed by atoms with Crippen molar-refractivity contribution in [2.24, 2.45) is 0 Å². The molecule has 1 aliphatic heterocycles. The number of hydrogen-bond donors (Lipinski definition) is 2. The molecule has 13 heavy (non-hydrogen) atoms. The fourth-order valence-corrected chi connectivity index (χ4v) is 2.09. The van der Waals surface area contributed by atoms with Crippen molar-refractivity contribution in [3.8, 4) is 0 Å². The molecular weight excluding hydrogens is 230 g/mol. The van der Waals surface area contributed by atoms with Crippen molar-refractivity contribution in [3.05, 3.63) is 22.4 Å². The largest absolute Gasteiger partial charge is 0.352 e. The number of hydrogen-bond acceptors (Lipinski definition) is 2. The first-order valence-corrected chi connectivity index (χ1v) is 5.32. The molecule has 0 bridgehead atoms. The minimum absolute atomic E-state index is 0.486. The van der Waals surface area contributed by atoms with Crippen LogP contribution in [0.25, 0.3) is 0 Å². The van der Waals surface area contributed by atoms with Crippen LogP contribution in [0.2, 0.25) is 0 Å². The van der Waals surface area contributed by atoms with Crippen LogP contribution in [0.1, 0.15) is 11.7 Å². The van der Waals surface area contributed by atoms with Crippen LogP contribution in [-0.2, 0) is 0 Å². The van der Waals surface area contributed by atoms with Gasteiger partial charge in [-0.2, -0.15) is 0 Å². The minimum Gasteiger partial charge on any atom is -0.352 e. The summed E-state index contributed by atoms with van der Waals surface area (Å²) in [6.45, 7) is 3.24. The molecule has 1 aromatic heterocycles. The third kappa shape index (κ3) is 1.95. The van der Waals surface area contributed by atoms with E-state index in [0.717, 1.165) is 24.2 Å². The van der Waals surface area contributed by atoms with Gasteiger partial charge in [-0.15, -0.1) is 0 Å². The van der Waals surface area contributed by atoms with Gasteiger partial charge in [0.15, 0.2) is 0 Å². The summed E-state index contributed by atoms with van der Waals surface area (Å²) in [5.74, 6) is 0. The lowest BCUT2D eigenvalue weighted by molar-refractivity contribution is 0.199. The molecule has 1 aromatic rings. The standard InChI is InChI=1S/C9H14BrN3/c1-13-5-4-11-6-8(13)7-2-3-9(10)12-7/h2-3,8,11-12H,4-6H2,1H3. The van der Waals surface area contributed by atoms with Gasteiger partial charge in [0, 0.05) is 25.3 Å². The highest BCUT2D eigenvalue weighted by Gasteiger charge is 2.20. The van der Waals surface area contributed by atoms with Gasteiger partial charge >= 0.3 is 0 Å². The Morgan fingerprint density at radius 3 is 3.00 bits per heavy atom. The molecule has 0 radical (unpaired) electrons. The Hall–Kier alpha value is -0.320. The molecule has 0 aliphatic carbocycles. The first-order chi connectivity index (χ1) is 6.27.